The molecule has 116 valence electrons. The molecule has 0 aromatic carbocycles. The zero-order valence-corrected chi connectivity index (χ0v) is 13.0. The van der Waals surface area contributed by atoms with Crippen LogP contribution in [0.4, 0.5) is 0 Å². The van der Waals surface area contributed by atoms with Crippen LogP contribution in [0.25, 0.3) is 0 Å². The molecule has 2 aliphatic rings. The van der Waals surface area contributed by atoms with E-state index in [0.29, 0.717) is 12.3 Å². The lowest BCUT2D eigenvalue weighted by Crippen LogP contribution is -2.45. The molecular formula is C16H31N3O. The van der Waals surface area contributed by atoms with Gasteiger partial charge in [0.1, 0.15) is 0 Å². The van der Waals surface area contributed by atoms with E-state index in [9.17, 15) is 4.79 Å². The third-order valence-electron chi connectivity index (χ3n) is 4.58. The Morgan fingerprint density at radius 2 is 1.85 bits per heavy atom. The summed E-state index contributed by atoms with van der Waals surface area (Å²) in [6.45, 7) is 7.48. The van der Waals surface area contributed by atoms with Gasteiger partial charge in [0, 0.05) is 32.1 Å². The van der Waals surface area contributed by atoms with Gasteiger partial charge in [0.2, 0.25) is 5.91 Å². The zero-order valence-electron chi connectivity index (χ0n) is 13.0. The molecule has 2 atom stereocenters. The van der Waals surface area contributed by atoms with Gasteiger partial charge in [-0.3, -0.25) is 4.79 Å². The standard InChI is InChI=1S/C16H31N3O/c1-14(17)11-16(20)19-10-6-7-15(13-19)12-18-8-4-2-3-5-9-18/h14-15H,2-13,17H2,1H3. The predicted molar refractivity (Wildman–Crippen MR) is 82.5 cm³/mol. The van der Waals surface area contributed by atoms with Gasteiger partial charge < -0.3 is 15.5 Å². The fourth-order valence-electron chi connectivity index (χ4n) is 3.53. The Kier molecular flexibility index (Phi) is 6.30. The number of nitrogens with two attached hydrogens (primary N) is 1. The highest BCUT2D eigenvalue weighted by Gasteiger charge is 2.25. The summed E-state index contributed by atoms with van der Waals surface area (Å²) in [5, 5.41) is 0. The van der Waals surface area contributed by atoms with Gasteiger partial charge in [0.05, 0.1) is 0 Å². The SMILES string of the molecule is CC(N)CC(=O)N1CCCC(CN2CCCCCC2)C1. The Hall–Kier alpha value is -0.610. The lowest BCUT2D eigenvalue weighted by Gasteiger charge is -2.35. The smallest absolute Gasteiger partial charge is 0.224 e. The summed E-state index contributed by atoms with van der Waals surface area (Å²) in [7, 11) is 0. The van der Waals surface area contributed by atoms with Gasteiger partial charge in [-0.2, -0.15) is 0 Å². The first-order valence-corrected chi connectivity index (χ1v) is 8.41. The summed E-state index contributed by atoms with van der Waals surface area (Å²) in [6, 6.07) is -0.0199. The Bertz CT molecular complexity index is 298. The van der Waals surface area contributed by atoms with Crippen LogP contribution in [-0.4, -0.2) is 54.5 Å². The summed E-state index contributed by atoms with van der Waals surface area (Å²) in [5.74, 6) is 0.916. The van der Waals surface area contributed by atoms with Gasteiger partial charge in [0.15, 0.2) is 0 Å². The highest BCUT2D eigenvalue weighted by Crippen LogP contribution is 2.20. The van der Waals surface area contributed by atoms with E-state index in [-0.39, 0.29) is 11.9 Å². The second-order valence-corrected chi connectivity index (χ2v) is 6.74. The molecule has 1 amide bonds. The number of nitrogens with zero attached hydrogens (tertiary/aromatic N) is 2. The average Bonchev–Trinajstić information content (AvgIpc) is 2.67. The first-order valence-electron chi connectivity index (χ1n) is 8.41. The minimum atomic E-state index is -0.0199. The first-order chi connectivity index (χ1) is 9.65. The zero-order chi connectivity index (χ0) is 14.4. The molecule has 0 radical (unpaired) electrons. The molecule has 0 spiro atoms. The summed E-state index contributed by atoms with van der Waals surface area (Å²) in [4.78, 5) is 16.8. The van der Waals surface area contributed by atoms with Crippen molar-refractivity contribution in [2.75, 3.05) is 32.7 Å². The Morgan fingerprint density at radius 1 is 1.15 bits per heavy atom. The molecule has 4 nitrogen and oxygen atoms in total. The predicted octanol–water partition coefficient (Wildman–Crippen LogP) is 1.84. The molecule has 2 N–H and O–H groups in total. The van der Waals surface area contributed by atoms with Crippen molar-refractivity contribution in [3.05, 3.63) is 0 Å². The van der Waals surface area contributed by atoms with Gasteiger partial charge in [-0.05, 0) is 51.6 Å². The first kappa shape index (κ1) is 15.8. The lowest BCUT2D eigenvalue weighted by molar-refractivity contribution is -0.133. The number of hydrogen-bond acceptors (Lipinski definition) is 3. The van der Waals surface area contributed by atoms with Gasteiger partial charge >= 0.3 is 0 Å². The van der Waals surface area contributed by atoms with Crippen molar-refractivity contribution in [3.8, 4) is 0 Å². The van der Waals surface area contributed by atoms with E-state index in [2.05, 4.69) is 9.80 Å². The number of rotatable bonds is 4. The minimum Gasteiger partial charge on any atom is -0.342 e. The molecule has 2 unspecified atom stereocenters. The van der Waals surface area contributed by atoms with Gasteiger partial charge in [-0.25, -0.2) is 0 Å². The van der Waals surface area contributed by atoms with Crippen LogP contribution in [-0.2, 0) is 4.79 Å². The van der Waals surface area contributed by atoms with E-state index in [1.807, 2.05) is 6.92 Å². The highest BCUT2D eigenvalue weighted by molar-refractivity contribution is 5.76. The molecule has 0 aliphatic carbocycles. The summed E-state index contributed by atoms with van der Waals surface area (Å²) < 4.78 is 0. The van der Waals surface area contributed by atoms with Crippen LogP contribution >= 0.6 is 0 Å². The highest BCUT2D eigenvalue weighted by atomic mass is 16.2. The number of likely N-dealkylation sites (tertiary alicyclic amines) is 2. The maximum atomic E-state index is 12.1. The average molecular weight is 281 g/mol. The number of hydrogen-bond donors (Lipinski definition) is 1. The molecule has 0 aromatic heterocycles. The second kappa shape index (κ2) is 7.99. The van der Waals surface area contributed by atoms with E-state index < -0.39 is 0 Å². The molecule has 2 heterocycles. The van der Waals surface area contributed by atoms with Crippen molar-refractivity contribution in [2.45, 2.75) is 57.9 Å². The molecule has 2 saturated heterocycles. The molecule has 0 bridgehead atoms. The Balaban J connectivity index is 1.78. The molecule has 4 heteroatoms. The van der Waals surface area contributed by atoms with Crippen molar-refractivity contribution in [2.24, 2.45) is 11.7 Å². The van der Waals surface area contributed by atoms with E-state index in [1.54, 1.807) is 0 Å². The molecule has 0 aromatic rings. The second-order valence-electron chi connectivity index (χ2n) is 6.74. The summed E-state index contributed by atoms with van der Waals surface area (Å²) >= 11 is 0. The normalized spacial score (nSPS) is 27.1. The van der Waals surface area contributed by atoms with Crippen molar-refractivity contribution >= 4 is 5.91 Å². The van der Waals surface area contributed by atoms with Gasteiger partial charge in [-0.1, -0.05) is 12.8 Å². The van der Waals surface area contributed by atoms with Gasteiger partial charge in [-0.15, -0.1) is 0 Å². The third-order valence-corrected chi connectivity index (χ3v) is 4.58. The molecule has 0 saturated carbocycles. The Morgan fingerprint density at radius 3 is 2.50 bits per heavy atom. The molecule has 20 heavy (non-hydrogen) atoms. The topological polar surface area (TPSA) is 49.6 Å². The monoisotopic (exact) mass is 281 g/mol. The molecule has 2 rings (SSSR count). The summed E-state index contributed by atoms with van der Waals surface area (Å²) in [6.07, 6.45) is 8.40. The molecule has 2 aliphatic heterocycles. The van der Waals surface area contributed by atoms with Crippen LogP contribution in [0.3, 0.4) is 0 Å². The maximum absolute atomic E-state index is 12.1. The quantitative estimate of drug-likeness (QED) is 0.855. The van der Waals surface area contributed by atoms with E-state index in [1.165, 1.54) is 51.7 Å². The lowest BCUT2D eigenvalue weighted by atomic mass is 9.96. The van der Waals surface area contributed by atoms with Gasteiger partial charge in [0.25, 0.3) is 0 Å². The van der Waals surface area contributed by atoms with Crippen LogP contribution in [0.15, 0.2) is 0 Å². The van der Waals surface area contributed by atoms with Crippen molar-refractivity contribution in [3.63, 3.8) is 0 Å². The van der Waals surface area contributed by atoms with Crippen LogP contribution in [0.5, 0.6) is 0 Å². The van der Waals surface area contributed by atoms with Crippen LogP contribution < -0.4 is 5.73 Å². The molecular weight excluding hydrogens is 250 g/mol. The fraction of sp³-hybridized carbons (Fsp3) is 0.938. The van der Waals surface area contributed by atoms with Crippen LogP contribution in [0, 0.1) is 5.92 Å². The number of piperidine rings is 1. The molecule has 2 fully saturated rings. The number of carbonyl (C=O) groups is 1. The van der Waals surface area contributed by atoms with Crippen LogP contribution in [0.2, 0.25) is 0 Å². The fourth-order valence-corrected chi connectivity index (χ4v) is 3.53. The van der Waals surface area contributed by atoms with Crippen molar-refractivity contribution in [1.82, 2.24) is 9.80 Å². The van der Waals surface area contributed by atoms with E-state index in [4.69, 9.17) is 5.73 Å². The maximum Gasteiger partial charge on any atom is 0.224 e. The van der Waals surface area contributed by atoms with E-state index in [0.717, 1.165) is 19.5 Å². The van der Waals surface area contributed by atoms with Crippen molar-refractivity contribution in [1.29, 1.82) is 0 Å². The minimum absolute atomic E-state index is 0.0199. The number of carbonyl (C=O) groups excluding carboxylic acids is 1. The van der Waals surface area contributed by atoms with E-state index >= 15 is 0 Å². The number of amides is 1. The largest absolute Gasteiger partial charge is 0.342 e. The van der Waals surface area contributed by atoms with Crippen LogP contribution in [0.1, 0.15) is 51.9 Å². The third kappa shape index (κ3) is 5.06. The Labute approximate surface area is 123 Å². The summed E-state index contributed by atoms with van der Waals surface area (Å²) in [5.41, 5.74) is 5.75. The van der Waals surface area contributed by atoms with Crippen molar-refractivity contribution < 1.29 is 4.79 Å².